The molecule has 0 amide bonds. The van der Waals surface area contributed by atoms with Crippen LogP contribution in [0.15, 0.2) is 75.9 Å². The highest BCUT2D eigenvalue weighted by atomic mass is 16.5. The van der Waals surface area contributed by atoms with Crippen LogP contribution in [0.1, 0.15) is 15.9 Å². The average molecular weight is 359 g/mol. The zero-order chi connectivity index (χ0) is 18.8. The van der Waals surface area contributed by atoms with Gasteiger partial charge in [0.15, 0.2) is 0 Å². The second kappa shape index (κ2) is 6.96. The van der Waals surface area contributed by atoms with Crippen LogP contribution in [0, 0.1) is 0 Å². The van der Waals surface area contributed by atoms with Gasteiger partial charge in [-0.2, -0.15) is 0 Å². The molecule has 1 heterocycles. The van der Waals surface area contributed by atoms with Gasteiger partial charge in [0.25, 0.3) is 0 Å². The molecule has 3 aromatic carbocycles. The molecule has 5 heteroatoms. The van der Waals surface area contributed by atoms with Crippen LogP contribution in [0.5, 0.6) is 0 Å². The summed E-state index contributed by atoms with van der Waals surface area (Å²) in [6.07, 6.45) is 0. The zero-order valence-corrected chi connectivity index (χ0v) is 14.7. The maximum atomic E-state index is 12.5. The SMILES string of the molecule is CNc1ccccc1C(=O)OCc1cc(=O)oc2ccc3ccccc3c12. The summed E-state index contributed by atoms with van der Waals surface area (Å²) in [5.74, 6) is -0.457. The van der Waals surface area contributed by atoms with E-state index >= 15 is 0 Å². The van der Waals surface area contributed by atoms with Gasteiger partial charge in [-0.05, 0) is 29.0 Å². The normalized spacial score (nSPS) is 10.9. The van der Waals surface area contributed by atoms with Crippen LogP contribution in [-0.4, -0.2) is 13.0 Å². The minimum Gasteiger partial charge on any atom is -0.457 e. The summed E-state index contributed by atoms with van der Waals surface area (Å²) in [5.41, 5.74) is 1.75. The zero-order valence-electron chi connectivity index (χ0n) is 14.7. The number of rotatable bonds is 4. The van der Waals surface area contributed by atoms with Crippen molar-refractivity contribution < 1.29 is 13.9 Å². The van der Waals surface area contributed by atoms with Crippen LogP contribution in [0.4, 0.5) is 5.69 Å². The van der Waals surface area contributed by atoms with Crippen molar-refractivity contribution in [2.75, 3.05) is 12.4 Å². The largest absolute Gasteiger partial charge is 0.457 e. The van der Waals surface area contributed by atoms with Gasteiger partial charge in [-0.15, -0.1) is 0 Å². The van der Waals surface area contributed by atoms with Crippen LogP contribution in [0.2, 0.25) is 0 Å². The smallest absolute Gasteiger partial charge is 0.340 e. The highest BCUT2D eigenvalue weighted by Crippen LogP contribution is 2.28. The van der Waals surface area contributed by atoms with Crippen LogP contribution >= 0.6 is 0 Å². The summed E-state index contributed by atoms with van der Waals surface area (Å²) in [6, 6.07) is 20.0. The van der Waals surface area contributed by atoms with Crippen molar-refractivity contribution in [2.45, 2.75) is 6.61 Å². The Morgan fingerprint density at radius 2 is 1.81 bits per heavy atom. The number of fused-ring (bicyclic) bond motifs is 3. The molecule has 1 aromatic heterocycles. The first-order valence-electron chi connectivity index (χ1n) is 8.56. The molecular weight excluding hydrogens is 342 g/mol. The summed E-state index contributed by atoms with van der Waals surface area (Å²) in [5, 5.41) is 5.72. The van der Waals surface area contributed by atoms with Gasteiger partial charge in [-0.3, -0.25) is 0 Å². The topological polar surface area (TPSA) is 68.5 Å². The molecule has 4 aromatic rings. The predicted molar refractivity (Wildman–Crippen MR) is 105 cm³/mol. The van der Waals surface area contributed by atoms with Crippen molar-refractivity contribution >= 4 is 33.4 Å². The van der Waals surface area contributed by atoms with Crippen LogP contribution in [0.3, 0.4) is 0 Å². The third-order valence-electron chi connectivity index (χ3n) is 4.49. The van der Waals surface area contributed by atoms with Gasteiger partial charge in [0, 0.05) is 29.8 Å². The molecular formula is C22H17NO4. The number of nitrogens with one attached hydrogen (secondary N) is 1. The van der Waals surface area contributed by atoms with Gasteiger partial charge in [0.2, 0.25) is 0 Å². The van der Waals surface area contributed by atoms with E-state index < -0.39 is 11.6 Å². The molecule has 4 rings (SSSR count). The molecule has 1 N–H and O–H groups in total. The number of para-hydroxylation sites is 1. The molecule has 0 unspecified atom stereocenters. The molecule has 0 aliphatic rings. The number of hydrogen-bond acceptors (Lipinski definition) is 5. The molecule has 0 saturated carbocycles. The molecule has 0 aliphatic carbocycles. The quantitative estimate of drug-likeness (QED) is 0.333. The average Bonchev–Trinajstić information content (AvgIpc) is 2.71. The highest BCUT2D eigenvalue weighted by molar-refractivity contribution is 6.07. The molecule has 5 nitrogen and oxygen atoms in total. The lowest BCUT2D eigenvalue weighted by atomic mass is 10.0. The fourth-order valence-corrected chi connectivity index (χ4v) is 3.23. The van der Waals surface area contributed by atoms with E-state index in [4.69, 9.17) is 9.15 Å². The Balaban J connectivity index is 1.74. The van der Waals surface area contributed by atoms with E-state index in [0.717, 1.165) is 16.2 Å². The molecule has 0 aliphatic heterocycles. The molecule has 27 heavy (non-hydrogen) atoms. The van der Waals surface area contributed by atoms with Crippen molar-refractivity contribution in [2.24, 2.45) is 0 Å². The number of hydrogen-bond donors (Lipinski definition) is 1. The Morgan fingerprint density at radius 3 is 2.67 bits per heavy atom. The van der Waals surface area contributed by atoms with Crippen molar-refractivity contribution in [3.8, 4) is 0 Å². The number of carbonyl (C=O) groups is 1. The summed E-state index contributed by atoms with van der Waals surface area (Å²) >= 11 is 0. The lowest BCUT2D eigenvalue weighted by Crippen LogP contribution is -2.10. The Morgan fingerprint density at radius 1 is 1.04 bits per heavy atom. The van der Waals surface area contributed by atoms with E-state index in [1.807, 2.05) is 36.4 Å². The van der Waals surface area contributed by atoms with Crippen LogP contribution in [0.25, 0.3) is 21.7 Å². The highest BCUT2D eigenvalue weighted by Gasteiger charge is 2.15. The van der Waals surface area contributed by atoms with Gasteiger partial charge in [-0.1, -0.05) is 42.5 Å². The fraction of sp³-hybridized carbons (Fsp3) is 0.0909. The summed E-state index contributed by atoms with van der Waals surface area (Å²) in [6.45, 7) is -0.0208. The van der Waals surface area contributed by atoms with Crippen molar-refractivity contribution in [3.63, 3.8) is 0 Å². The third-order valence-corrected chi connectivity index (χ3v) is 4.49. The maximum absolute atomic E-state index is 12.5. The first kappa shape index (κ1) is 16.8. The van der Waals surface area contributed by atoms with E-state index in [9.17, 15) is 9.59 Å². The molecule has 0 bridgehead atoms. The molecule has 0 radical (unpaired) electrons. The second-order valence-electron chi connectivity index (χ2n) is 6.12. The predicted octanol–water partition coefficient (Wildman–Crippen LogP) is 4.34. The Labute approximate surface area is 155 Å². The Hall–Kier alpha value is -3.60. The second-order valence-corrected chi connectivity index (χ2v) is 6.12. The number of esters is 1. The van der Waals surface area contributed by atoms with Crippen molar-refractivity contribution in [1.82, 2.24) is 0 Å². The van der Waals surface area contributed by atoms with Gasteiger partial charge in [0.1, 0.15) is 12.2 Å². The molecule has 0 atom stereocenters. The number of ether oxygens (including phenoxy) is 1. The van der Waals surface area contributed by atoms with Crippen LogP contribution in [-0.2, 0) is 11.3 Å². The number of carbonyl (C=O) groups excluding carboxylic acids is 1. The van der Waals surface area contributed by atoms with E-state index in [2.05, 4.69) is 5.32 Å². The van der Waals surface area contributed by atoms with Crippen molar-refractivity contribution in [1.29, 1.82) is 0 Å². The summed E-state index contributed by atoms with van der Waals surface area (Å²) in [4.78, 5) is 24.5. The summed E-state index contributed by atoms with van der Waals surface area (Å²) in [7, 11) is 1.74. The van der Waals surface area contributed by atoms with Gasteiger partial charge < -0.3 is 14.5 Å². The number of anilines is 1. The van der Waals surface area contributed by atoms with E-state index in [-0.39, 0.29) is 6.61 Å². The van der Waals surface area contributed by atoms with Crippen LogP contribution < -0.4 is 10.9 Å². The van der Waals surface area contributed by atoms with Gasteiger partial charge in [0.05, 0.1) is 5.56 Å². The van der Waals surface area contributed by atoms with Gasteiger partial charge in [-0.25, -0.2) is 9.59 Å². The molecule has 0 fully saturated rings. The first-order valence-corrected chi connectivity index (χ1v) is 8.56. The lowest BCUT2D eigenvalue weighted by molar-refractivity contribution is 0.0475. The van der Waals surface area contributed by atoms with E-state index in [1.54, 1.807) is 31.3 Å². The Bertz CT molecular complexity index is 1210. The lowest BCUT2D eigenvalue weighted by Gasteiger charge is -2.11. The van der Waals surface area contributed by atoms with E-state index in [1.165, 1.54) is 6.07 Å². The molecule has 0 saturated heterocycles. The van der Waals surface area contributed by atoms with Gasteiger partial charge >= 0.3 is 11.6 Å². The minimum atomic E-state index is -0.473. The monoisotopic (exact) mass is 359 g/mol. The maximum Gasteiger partial charge on any atom is 0.340 e. The summed E-state index contributed by atoms with van der Waals surface area (Å²) < 4.78 is 10.8. The standard InChI is InChI=1S/C22H17NO4/c1-23-18-9-5-4-8-17(18)22(25)26-13-15-12-20(24)27-19-11-10-14-6-2-3-7-16(14)21(15)19/h2-12,23H,13H2,1H3. The Kier molecular flexibility index (Phi) is 4.34. The minimum absolute atomic E-state index is 0.0208. The first-order chi connectivity index (χ1) is 13.2. The molecule has 134 valence electrons. The fourth-order valence-electron chi connectivity index (χ4n) is 3.23. The molecule has 0 spiro atoms. The third kappa shape index (κ3) is 3.15. The number of benzene rings is 3. The van der Waals surface area contributed by atoms with E-state index in [0.29, 0.717) is 22.4 Å². The van der Waals surface area contributed by atoms with Crippen molar-refractivity contribution in [3.05, 3.63) is 88.3 Å².